The number of nitrogens with one attached hydrogen (secondary N) is 1. The highest BCUT2D eigenvalue weighted by Crippen LogP contribution is 2.25. The number of benzene rings is 1. The van der Waals surface area contributed by atoms with Gasteiger partial charge in [-0.15, -0.1) is 0 Å². The Kier molecular flexibility index (Phi) is 6.08. The minimum atomic E-state index is -3.69. The van der Waals surface area contributed by atoms with E-state index >= 15 is 0 Å². The molecule has 0 heterocycles. The van der Waals surface area contributed by atoms with Crippen molar-refractivity contribution in [3.63, 3.8) is 0 Å². The van der Waals surface area contributed by atoms with E-state index in [4.69, 9.17) is 28.9 Å². The van der Waals surface area contributed by atoms with Crippen molar-refractivity contribution >= 4 is 33.2 Å². The van der Waals surface area contributed by atoms with E-state index in [1.807, 2.05) is 13.8 Å². The second-order valence-corrected chi connectivity index (χ2v) is 7.28. The summed E-state index contributed by atoms with van der Waals surface area (Å²) in [5, 5.41) is 0.488. The van der Waals surface area contributed by atoms with Crippen LogP contribution in [0.2, 0.25) is 10.0 Å². The van der Waals surface area contributed by atoms with Crippen LogP contribution in [0.4, 0.5) is 0 Å². The van der Waals surface area contributed by atoms with Gasteiger partial charge in [0.15, 0.2) is 0 Å². The quantitative estimate of drug-likeness (QED) is 0.844. The Morgan fingerprint density at radius 2 is 1.95 bits per heavy atom. The normalized spacial score (nSPS) is 13.8. The molecule has 1 atom stereocenters. The van der Waals surface area contributed by atoms with Gasteiger partial charge in [-0.05, 0) is 30.5 Å². The summed E-state index contributed by atoms with van der Waals surface area (Å²) in [6.45, 7) is 4.25. The lowest BCUT2D eigenvalue weighted by Gasteiger charge is -2.19. The fourth-order valence-electron chi connectivity index (χ4n) is 1.74. The van der Waals surface area contributed by atoms with Crippen molar-refractivity contribution in [2.75, 3.05) is 6.54 Å². The van der Waals surface area contributed by atoms with Crippen molar-refractivity contribution in [2.24, 2.45) is 11.7 Å². The summed E-state index contributed by atoms with van der Waals surface area (Å²) in [7, 11) is -3.69. The largest absolute Gasteiger partial charge is 0.329 e. The highest BCUT2D eigenvalue weighted by atomic mass is 35.5. The third kappa shape index (κ3) is 4.93. The summed E-state index contributed by atoms with van der Waals surface area (Å²) in [4.78, 5) is 0.0146. The van der Waals surface area contributed by atoms with E-state index in [1.165, 1.54) is 18.2 Å². The number of halogens is 2. The molecule has 1 aromatic carbocycles. The molecular formula is C12H18Cl2N2O2S. The van der Waals surface area contributed by atoms with Crippen molar-refractivity contribution < 1.29 is 8.42 Å². The summed E-state index contributed by atoms with van der Waals surface area (Å²) in [5.41, 5.74) is 5.59. The molecule has 1 rings (SSSR count). The molecule has 0 aliphatic carbocycles. The molecule has 1 aromatic rings. The zero-order valence-corrected chi connectivity index (χ0v) is 13.2. The second-order valence-electron chi connectivity index (χ2n) is 4.76. The van der Waals surface area contributed by atoms with E-state index in [0.29, 0.717) is 17.4 Å². The van der Waals surface area contributed by atoms with Gasteiger partial charge in [0.25, 0.3) is 0 Å². The average molecular weight is 325 g/mol. The lowest BCUT2D eigenvalue weighted by Crippen LogP contribution is -2.41. The summed E-state index contributed by atoms with van der Waals surface area (Å²) in [5.74, 6) is 0.344. The van der Waals surface area contributed by atoms with Crippen molar-refractivity contribution in [3.05, 3.63) is 28.2 Å². The topological polar surface area (TPSA) is 72.2 Å². The third-order valence-corrected chi connectivity index (χ3v) is 4.78. The lowest BCUT2D eigenvalue weighted by atomic mass is 10.1. The molecule has 0 saturated carbocycles. The fourth-order valence-corrected chi connectivity index (χ4v) is 3.77. The SMILES string of the molecule is CC(C)CC(CN)NS(=O)(=O)c1ccc(Cl)cc1Cl. The van der Waals surface area contributed by atoms with Gasteiger partial charge in [0.1, 0.15) is 4.90 Å². The van der Waals surface area contributed by atoms with Crippen molar-refractivity contribution in [1.29, 1.82) is 0 Å². The van der Waals surface area contributed by atoms with Crippen LogP contribution in [0.25, 0.3) is 0 Å². The lowest BCUT2D eigenvalue weighted by molar-refractivity contribution is 0.465. The highest BCUT2D eigenvalue weighted by molar-refractivity contribution is 7.89. The van der Waals surface area contributed by atoms with E-state index in [-0.39, 0.29) is 22.5 Å². The standard InChI is InChI=1S/C12H18Cl2N2O2S/c1-8(2)5-10(7-15)16-19(17,18)12-4-3-9(13)6-11(12)14/h3-4,6,8,10,16H,5,7,15H2,1-2H3. The smallest absolute Gasteiger partial charge is 0.242 e. The molecule has 0 aromatic heterocycles. The predicted molar refractivity (Wildman–Crippen MR) is 79.1 cm³/mol. The van der Waals surface area contributed by atoms with Crippen LogP contribution in [0.5, 0.6) is 0 Å². The van der Waals surface area contributed by atoms with E-state index in [1.54, 1.807) is 0 Å². The van der Waals surface area contributed by atoms with Gasteiger partial charge in [0.2, 0.25) is 10.0 Å². The van der Waals surface area contributed by atoms with Gasteiger partial charge in [-0.3, -0.25) is 0 Å². The molecule has 0 fully saturated rings. The minimum Gasteiger partial charge on any atom is -0.329 e. The summed E-state index contributed by atoms with van der Waals surface area (Å²) < 4.78 is 27.0. The zero-order valence-electron chi connectivity index (χ0n) is 10.9. The van der Waals surface area contributed by atoms with Gasteiger partial charge in [0.05, 0.1) is 5.02 Å². The first-order valence-corrected chi connectivity index (χ1v) is 8.17. The van der Waals surface area contributed by atoms with E-state index in [0.717, 1.165) is 0 Å². The first kappa shape index (κ1) is 16.7. The summed E-state index contributed by atoms with van der Waals surface area (Å²) >= 11 is 11.7. The molecule has 0 bridgehead atoms. The van der Waals surface area contributed by atoms with Crippen LogP contribution in [0.15, 0.2) is 23.1 Å². The maximum Gasteiger partial charge on any atom is 0.242 e. The van der Waals surface area contributed by atoms with Crippen LogP contribution in [-0.4, -0.2) is 21.0 Å². The molecule has 3 N–H and O–H groups in total. The first-order valence-electron chi connectivity index (χ1n) is 5.93. The third-order valence-electron chi connectivity index (χ3n) is 2.55. The van der Waals surface area contributed by atoms with Gasteiger partial charge >= 0.3 is 0 Å². The molecular weight excluding hydrogens is 307 g/mol. The van der Waals surface area contributed by atoms with Crippen LogP contribution in [-0.2, 0) is 10.0 Å². The van der Waals surface area contributed by atoms with Crippen LogP contribution < -0.4 is 10.5 Å². The molecule has 108 valence electrons. The van der Waals surface area contributed by atoms with Gasteiger partial charge < -0.3 is 5.73 Å². The predicted octanol–water partition coefficient (Wildman–Crippen LogP) is 2.65. The van der Waals surface area contributed by atoms with E-state index < -0.39 is 10.0 Å². The number of sulfonamides is 1. The van der Waals surface area contributed by atoms with Gasteiger partial charge in [-0.1, -0.05) is 37.0 Å². The summed E-state index contributed by atoms with van der Waals surface area (Å²) in [6, 6.07) is 3.96. The Morgan fingerprint density at radius 3 is 2.42 bits per heavy atom. The Bertz CT molecular complexity index is 533. The highest BCUT2D eigenvalue weighted by Gasteiger charge is 2.22. The van der Waals surface area contributed by atoms with Crippen LogP contribution in [0.3, 0.4) is 0 Å². The Balaban J connectivity index is 2.97. The Hall–Kier alpha value is -0.330. The van der Waals surface area contributed by atoms with Crippen LogP contribution >= 0.6 is 23.2 Å². The molecule has 1 unspecified atom stereocenters. The molecule has 0 amide bonds. The van der Waals surface area contributed by atoms with E-state index in [9.17, 15) is 8.42 Å². The first-order chi connectivity index (χ1) is 8.76. The molecule has 7 heteroatoms. The van der Waals surface area contributed by atoms with Gasteiger partial charge in [-0.2, -0.15) is 0 Å². The second kappa shape index (κ2) is 6.90. The van der Waals surface area contributed by atoms with Crippen molar-refractivity contribution in [1.82, 2.24) is 4.72 Å². The molecule has 19 heavy (non-hydrogen) atoms. The van der Waals surface area contributed by atoms with Crippen LogP contribution in [0.1, 0.15) is 20.3 Å². The molecule has 0 saturated heterocycles. The maximum absolute atomic E-state index is 12.2. The number of hydrogen-bond donors (Lipinski definition) is 2. The maximum atomic E-state index is 12.2. The minimum absolute atomic E-state index is 0.0146. The molecule has 0 aliphatic rings. The van der Waals surface area contributed by atoms with Gasteiger partial charge in [-0.25, -0.2) is 13.1 Å². The zero-order chi connectivity index (χ0) is 14.6. The van der Waals surface area contributed by atoms with Crippen LogP contribution in [0, 0.1) is 5.92 Å². The summed E-state index contributed by atoms with van der Waals surface area (Å²) in [6.07, 6.45) is 0.668. The van der Waals surface area contributed by atoms with Gasteiger partial charge in [0, 0.05) is 17.6 Å². The monoisotopic (exact) mass is 324 g/mol. The molecule has 0 radical (unpaired) electrons. The van der Waals surface area contributed by atoms with Crippen molar-refractivity contribution in [3.8, 4) is 0 Å². The average Bonchev–Trinajstić information content (AvgIpc) is 2.26. The molecule has 4 nitrogen and oxygen atoms in total. The van der Waals surface area contributed by atoms with Crippen molar-refractivity contribution in [2.45, 2.75) is 31.2 Å². The number of hydrogen-bond acceptors (Lipinski definition) is 3. The molecule has 0 spiro atoms. The van der Waals surface area contributed by atoms with E-state index in [2.05, 4.69) is 4.72 Å². The molecule has 0 aliphatic heterocycles. The Labute approximate surface area is 124 Å². The fraction of sp³-hybridized carbons (Fsp3) is 0.500. The number of nitrogens with two attached hydrogens (primary N) is 1. The Morgan fingerprint density at radius 1 is 1.32 bits per heavy atom. The number of rotatable bonds is 6.